The molecule has 0 bridgehead atoms. The molecule has 8 nitrogen and oxygen atoms in total. The molecule has 0 amide bonds. The van der Waals surface area contributed by atoms with Crippen molar-refractivity contribution >= 4 is 28.9 Å². The quantitative estimate of drug-likeness (QED) is 0.587. The molecule has 5 atom stereocenters. The first kappa shape index (κ1) is 25.3. The summed E-state index contributed by atoms with van der Waals surface area (Å²) in [6, 6.07) is 3.02. The molecular formula is C25H32ClFN4O4. The van der Waals surface area contributed by atoms with Gasteiger partial charge in [-0.1, -0.05) is 32.4 Å². The van der Waals surface area contributed by atoms with E-state index in [1.807, 2.05) is 17.9 Å². The highest BCUT2D eigenvalue weighted by atomic mass is 35.5. The Labute approximate surface area is 210 Å². The van der Waals surface area contributed by atoms with Crippen molar-refractivity contribution < 1.29 is 23.8 Å². The topological polar surface area (TPSA) is 88.0 Å². The average molecular weight is 507 g/mol. The number of carboxylic acids is 1. The molecule has 2 aliphatic heterocycles. The first-order valence-corrected chi connectivity index (χ1v) is 12.3. The molecule has 0 aliphatic carbocycles. The van der Waals surface area contributed by atoms with Crippen LogP contribution in [0.3, 0.4) is 0 Å². The third-order valence-electron chi connectivity index (χ3n) is 7.35. The number of carbonyl (C=O) groups is 1. The molecule has 0 aromatic carbocycles. The predicted molar refractivity (Wildman–Crippen MR) is 132 cm³/mol. The monoisotopic (exact) mass is 506 g/mol. The zero-order valence-electron chi connectivity index (χ0n) is 20.4. The van der Waals surface area contributed by atoms with Crippen molar-refractivity contribution in [2.45, 2.75) is 45.8 Å². The number of nitrogens with zero attached hydrogens (tertiary/aromatic N) is 4. The minimum atomic E-state index is -0.860. The molecule has 2 aromatic heterocycles. The fraction of sp³-hybridized carbons (Fsp3) is 0.560. The van der Waals surface area contributed by atoms with E-state index < -0.39 is 11.8 Å². The first-order chi connectivity index (χ1) is 16.7. The molecule has 2 unspecified atom stereocenters. The highest BCUT2D eigenvalue weighted by Gasteiger charge is 2.38. The lowest BCUT2D eigenvalue weighted by Crippen LogP contribution is -2.44. The maximum absolute atomic E-state index is 15.1. The normalized spacial score (nSPS) is 26.6. The lowest BCUT2D eigenvalue weighted by Gasteiger charge is -2.38. The molecular weight excluding hydrogens is 475 g/mol. The van der Waals surface area contributed by atoms with E-state index in [2.05, 4.69) is 28.7 Å². The van der Waals surface area contributed by atoms with Crippen molar-refractivity contribution in [2.24, 2.45) is 17.8 Å². The number of pyridine rings is 2. The highest BCUT2D eigenvalue weighted by molar-refractivity contribution is 6.33. The number of methoxy groups -OCH3 is 1. The van der Waals surface area contributed by atoms with Crippen LogP contribution in [-0.2, 0) is 4.79 Å². The fourth-order valence-corrected chi connectivity index (χ4v) is 5.35. The van der Waals surface area contributed by atoms with Crippen molar-refractivity contribution in [3.05, 3.63) is 35.4 Å². The maximum atomic E-state index is 15.1. The van der Waals surface area contributed by atoms with Gasteiger partial charge in [0.25, 0.3) is 5.88 Å². The summed E-state index contributed by atoms with van der Waals surface area (Å²) < 4.78 is 26.3. The van der Waals surface area contributed by atoms with E-state index in [4.69, 9.17) is 21.1 Å². The summed E-state index contributed by atoms with van der Waals surface area (Å²) in [5, 5.41) is 9.87. The number of piperidine rings is 1. The molecule has 4 rings (SSSR count). The van der Waals surface area contributed by atoms with Gasteiger partial charge >= 0.3 is 5.97 Å². The summed E-state index contributed by atoms with van der Waals surface area (Å²) in [4.78, 5) is 23.9. The van der Waals surface area contributed by atoms with Gasteiger partial charge in [-0.25, -0.2) is 14.4 Å². The van der Waals surface area contributed by atoms with E-state index in [0.717, 1.165) is 5.69 Å². The molecule has 0 spiro atoms. The standard InChI is InChI=1S/C25H32ClFN4O4/c1-14-13-31(20(16(14)3)9-24(32)33)17-7-19(27)25(29-10-17)35-22-5-6-30(12-15(22)2)21-8-23(34-4)28-11-18(21)26/h7-8,10-11,14-16,20,22H,5-6,9,12-13H2,1-4H3,(H,32,33)/t14-,15?,16+,20+,22?/m0/s1. The summed E-state index contributed by atoms with van der Waals surface area (Å²) in [6.45, 7) is 8.21. The number of hydrogen-bond donors (Lipinski definition) is 1. The minimum Gasteiger partial charge on any atom is -0.481 e. The van der Waals surface area contributed by atoms with Crippen LogP contribution >= 0.6 is 11.6 Å². The molecule has 1 N–H and O–H groups in total. The van der Waals surface area contributed by atoms with Crippen LogP contribution in [0.5, 0.6) is 11.8 Å². The number of rotatable bonds is 7. The fourth-order valence-electron chi connectivity index (χ4n) is 5.13. The SMILES string of the molecule is COc1cc(N2CCC(Oc3ncc(N4C[C@H](C)[C@@H](C)[C@H]4CC(=O)O)cc3F)C(C)C2)c(Cl)cn1. The molecule has 190 valence electrons. The van der Waals surface area contributed by atoms with Crippen LogP contribution in [0.1, 0.15) is 33.6 Å². The van der Waals surface area contributed by atoms with Gasteiger partial charge in [-0.2, -0.15) is 0 Å². The molecule has 2 aromatic rings. The lowest BCUT2D eigenvalue weighted by atomic mass is 9.92. The first-order valence-electron chi connectivity index (χ1n) is 11.9. The van der Waals surface area contributed by atoms with Gasteiger partial charge < -0.3 is 24.4 Å². The molecule has 0 radical (unpaired) electrons. The predicted octanol–water partition coefficient (Wildman–Crippen LogP) is 4.51. The molecule has 10 heteroatoms. The van der Waals surface area contributed by atoms with E-state index >= 15 is 4.39 Å². The van der Waals surface area contributed by atoms with Crippen LogP contribution in [0.25, 0.3) is 0 Å². The third kappa shape index (κ3) is 5.39. The van der Waals surface area contributed by atoms with E-state index in [-0.39, 0.29) is 36.3 Å². The van der Waals surface area contributed by atoms with Crippen molar-refractivity contribution in [1.82, 2.24) is 9.97 Å². The highest BCUT2D eigenvalue weighted by Crippen LogP contribution is 2.37. The van der Waals surface area contributed by atoms with E-state index in [0.29, 0.717) is 48.6 Å². The Balaban J connectivity index is 1.44. The van der Waals surface area contributed by atoms with Gasteiger partial charge in [-0.3, -0.25) is 4.79 Å². The maximum Gasteiger partial charge on any atom is 0.305 e. The number of carboxylic acid groups (broad SMARTS) is 1. The van der Waals surface area contributed by atoms with Crippen molar-refractivity contribution in [3.63, 3.8) is 0 Å². The van der Waals surface area contributed by atoms with Gasteiger partial charge in [0.2, 0.25) is 5.88 Å². The zero-order chi connectivity index (χ0) is 25.3. The number of aromatic nitrogens is 2. The Morgan fingerprint density at radius 3 is 2.63 bits per heavy atom. The Morgan fingerprint density at radius 2 is 1.97 bits per heavy atom. The van der Waals surface area contributed by atoms with Gasteiger partial charge in [-0.05, 0) is 11.8 Å². The van der Waals surface area contributed by atoms with Gasteiger partial charge in [0, 0.05) is 50.1 Å². The average Bonchev–Trinajstić information content (AvgIpc) is 3.10. The van der Waals surface area contributed by atoms with Gasteiger partial charge in [0.15, 0.2) is 5.82 Å². The second-order valence-corrected chi connectivity index (χ2v) is 10.1. The second kappa shape index (κ2) is 10.4. The van der Waals surface area contributed by atoms with Gasteiger partial charge in [0.1, 0.15) is 6.10 Å². The third-order valence-corrected chi connectivity index (χ3v) is 7.64. The zero-order valence-corrected chi connectivity index (χ0v) is 21.2. The van der Waals surface area contributed by atoms with Crippen LogP contribution in [-0.4, -0.2) is 59.9 Å². The smallest absolute Gasteiger partial charge is 0.305 e. The molecule has 0 saturated carbocycles. The molecule has 2 aliphatic rings. The van der Waals surface area contributed by atoms with E-state index in [1.54, 1.807) is 19.5 Å². The number of halogens is 2. The molecule has 2 saturated heterocycles. The largest absolute Gasteiger partial charge is 0.481 e. The Morgan fingerprint density at radius 1 is 1.20 bits per heavy atom. The second-order valence-electron chi connectivity index (χ2n) is 9.68. The number of hydrogen-bond acceptors (Lipinski definition) is 7. The Hall–Kier alpha value is -2.81. The van der Waals surface area contributed by atoms with E-state index in [1.165, 1.54) is 6.07 Å². The van der Waals surface area contributed by atoms with Crippen LogP contribution in [0.15, 0.2) is 24.5 Å². The minimum absolute atomic E-state index is 0.00876. The molecule has 35 heavy (non-hydrogen) atoms. The Kier molecular flexibility index (Phi) is 7.54. The van der Waals surface area contributed by atoms with E-state index in [9.17, 15) is 9.90 Å². The van der Waals surface area contributed by atoms with Gasteiger partial charge in [-0.15, -0.1) is 0 Å². The molecule has 4 heterocycles. The summed E-state index contributed by atoms with van der Waals surface area (Å²) in [5.74, 6) is -0.350. The summed E-state index contributed by atoms with van der Waals surface area (Å²) in [6.07, 6.45) is 3.64. The Bertz CT molecular complexity index is 1070. The summed E-state index contributed by atoms with van der Waals surface area (Å²) in [5.41, 5.74) is 1.43. The van der Waals surface area contributed by atoms with Gasteiger partial charge in [0.05, 0.1) is 42.3 Å². The lowest BCUT2D eigenvalue weighted by molar-refractivity contribution is -0.137. The van der Waals surface area contributed by atoms with Crippen molar-refractivity contribution in [2.75, 3.05) is 36.5 Å². The number of aliphatic carboxylic acids is 1. The summed E-state index contributed by atoms with van der Waals surface area (Å²) in [7, 11) is 1.56. The van der Waals surface area contributed by atoms with Crippen molar-refractivity contribution in [1.29, 1.82) is 0 Å². The molecule has 2 fully saturated rings. The van der Waals surface area contributed by atoms with Crippen LogP contribution in [0.2, 0.25) is 5.02 Å². The summed E-state index contributed by atoms with van der Waals surface area (Å²) >= 11 is 6.36. The van der Waals surface area contributed by atoms with Crippen LogP contribution in [0.4, 0.5) is 15.8 Å². The number of ether oxygens (including phenoxy) is 2. The van der Waals surface area contributed by atoms with Crippen LogP contribution in [0, 0.1) is 23.6 Å². The van der Waals surface area contributed by atoms with Crippen LogP contribution < -0.4 is 19.3 Å². The number of anilines is 2. The van der Waals surface area contributed by atoms with Crippen molar-refractivity contribution in [3.8, 4) is 11.8 Å².